The van der Waals surface area contributed by atoms with E-state index in [2.05, 4.69) is 0 Å². The minimum absolute atomic E-state index is 0.325. The third-order valence-corrected chi connectivity index (χ3v) is 1.28. The Bertz CT molecular complexity index is 122. The number of amides is 1. The van der Waals surface area contributed by atoms with Crippen LogP contribution in [0.3, 0.4) is 0 Å². The van der Waals surface area contributed by atoms with Gasteiger partial charge in [0.2, 0.25) is 0 Å². The molecule has 0 atom stereocenters. The summed E-state index contributed by atoms with van der Waals surface area (Å²) in [4.78, 5) is 17.3. The number of hydroxylamine groups is 2. The largest absolute Gasteiger partial charge is 0.428 e. The van der Waals surface area contributed by atoms with Crippen LogP contribution in [0.1, 0.15) is 13.8 Å². The van der Waals surface area contributed by atoms with Crippen LogP contribution in [0.2, 0.25) is 0 Å². The van der Waals surface area contributed by atoms with E-state index in [1.165, 1.54) is 4.90 Å². The number of rotatable bonds is 3. The lowest BCUT2D eigenvalue weighted by molar-refractivity contribution is -0.101. The Morgan fingerprint density at radius 3 is 2.00 bits per heavy atom. The Morgan fingerprint density at radius 2 is 1.73 bits per heavy atom. The highest BCUT2D eigenvalue weighted by molar-refractivity contribution is 5.66. The normalized spacial score (nSPS) is 9.91. The molecule has 0 radical (unpaired) electrons. The fraction of sp³-hybridized carbons (Fsp3) is 0.857. The Hall–Kier alpha value is -0.770. The quantitative estimate of drug-likeness (QED) is 0.576. The Morgan fingerprint density at radius 1 is 1.27 bits per heavy atom. The predicted molar refractivity (Wildman–Crippen MR) is 43.1 cm³/mol. The van der Waals surface area contributed by atoms with Crippen LogP contribution in [0.5, 0.6) is 0 Å². The van der Waals surface area contributed by atoms with Crippen molar-refractivity contribution in [2.45, 2.75) is 13.8 Å². The van der Waals surface area contributed by atoms with Gasteiger partial charge in [-0.25, -0.2) is 4.79 Å². The van der Waals surface area contributed by atoms with Crippen molar-refractivity contribution in [1.82, 2.24) is 9.96 Å². The highest BCUT2D eigenvalue weighted by Crippen LogP contribution is 1.92. The van der Waals surface area contributed by atoms with Crippen molar-refractivity contribution in [2.24, 2.45) is 0 Å². The van der Waals surface area contributed by atoms with Crippen LogP contribution in [-0.2, 0) is 4.84 Å². The van der Waals surface area contributed by atoms with E-state index in [1.54, 1.807) is 19.2 Å². The zero-order valence-electron chi connectivity index (χ0n) is 7.63. The summed E-state index contributed by atoms with van der Waals surface area (Å²) in [7, 11) is 3.32. The van der Waals surface area contributed by atoms with Crippen molar-refractivity contribution in [3.05, 3.63) is 0 Å². The zero-order valence-corrected chi connectivity index (χ0v) is 7.63. The van der Waals surface area contributed by atoms with Gasteiger partial charge in [0.1, 0.15) is 0 Å². The highest BCUT2D eigenvalue weighted by atomic mass is 16.7. The molecule has 0 saturated carbocycles. The van der Waals surface area contributed by atoms with Gasteiger partial charge < -0.3 is 9.74 Å². The van der Waals surface area contributed by atoms with Gasteiger partial charge in [0.15, 0.2) is 0 Å². The first-order valence-corrected chi connectivity index (χ1v) is 3.76. The molecular formula is C7H16N2O2. The van der Waals surface area contributed by atoms with Gasteiger partial charge in [-0.05, 0) is 13.8 Å². The molecule has 0 bridgehead atoms. The topological polar surface area (TPSA) is 32.8 Å². The summed E-state index contributed by atoms with van der Waals surface area (Å²) in [5, 5.41) is 1.60. The lowest BCUT2D eigenvalue weighted by Crippen LogP contribution is -2.33. The van der Waals surface area contributed by atoms with Crippen molar-refractivity contribution in [3.63, 3.8) is 0 Å². The molecule has 4 nitrogen and oxygen atoms in total. The molecule has 0 aliphatic heterocycles. The first-order chi connectivity index (χ1) is 5.11. The smallest absolute Gasteiger partial charge is 0.351 e. The molecule has 0 N–H and O–H groups in total. The maximum atomic E-state index is 10.9. The number of hydrogen-bond donors (Lipinski definition) is 0. The molecule has 0 fully saturated rings. The van der Waals surface area contributed by atoms with Crippen molar-refractivity contribution in [2.75, 3.05) is 27.2 Å². The first-order valence-electron chi connectivity index (χ1n) is 3.76. The average Bonchev–Trinajstić information content (AvgIpc) is 1.99. The Labute approximate surface area is 67.7 Å². The third kappa shape index (κ3) is 3.83. The Balaban J connectivity index is 3.72. The molecule has 0 aromatic rings. The second-order valence-electron chi connectivity index (χ2n) is 2.37. The molecule has 0 aliphatic carbocycles. The fourth-order valence-electron chi connectivity index (χ4n) is 0.545. The lowest BCUT2D eigenvalue weighted by atomic mass is 10.6. The molecule has 0 heterocycles. The van der Waals surface area contributed by atoms with Crippen LogP contribution in [0, 0.1) is 0 Å². The van der Waals surface area contributed by atoms with Crippen LogP contribution in [0.15, 0.2) is 0 Å². The van der Waals surface area contributed by atoms with Gasteiger partial charge in [-0.3, -0.25) is 0 Å². The molecule has 0 saturated heterocycles. The van der Waals surface area contributed by atoms with E-state index in [1.807, 2.05) is 13.8 Å². The molecule has 66 valence electrons. The van der Waals surface area contributed by atoms with Crippen molar-refractivity contribution < 1.29 is 9.63 Å². The summed E-state index contributed by atoms with van der Waals surface area (Å²) in [6, 6.07) is 0. The molecule has 0 unspecified atom stereocenters. The van der Waals surface area contributed by atoms with Gasteiger partial charge in [0, 0.05) is 27.2 Å². The molecule has 0 aromatic heterocycles. The minimum Gasteiger partial charge on any atom is -0.351 e. The third-order valence-electron chi connectivity index (χ3n) is 1.28. The monoisotopic (exact) mass is 160 g/mol. The van der Waals surface area contributed by atoms with E-state index in [0.29, 0.717) is 0 Å². The van der Waals surface area contributed by atoms with Crippen LogP contribution in [0.4, 0.5) is 4.79 Å². The van der Waals surface area contributed by atoms with Gasteiger partial charge in [-0.2, -0.15) is 0 Å². The number of carbonyl (C=O) groups excluding carboxylic acids is 1. The molecule has 11 heavy (non-hydrogen) atoms. The maximum absolute atomic E-state index is 10.9. The van der Waals surface area contributed by atoms with E-state index < -0.39 is 0 Å². The van der Waals surface area contributed by atoms with E-state index in [0.717, 1.165) is 13.1 Å². The predicted octanol–water partition coefficient (Wildman–Crippen LogP) is 0.941. The van der Waals surface area contributed by atoms with Crippen LogP contribution in [0.25, 0.3) is 0 Å². The molecule has 4 heteroatoms. The van der Waals surface area contributed by atoms with Gasteiger partial charge in [-0.15, -0.1) is 5.06 Å². The minimum atomic E-state index is -0.325. The average molecular weight is 160 g/mol. The van der Waals surface area contributed by atoms with E-state index in [-0.39, 0.29) is 6.09 Å². The zero-order chi connectivity index (χ0) is 8.85. The molecule has 0 spiro atoms. The molecular weight excluding hydrogens is 144 g/mol. The highest BCUT2D eigenvalue weighted by Gasteiger charge is 2.08. The van der Waals surface area contributed by atoms with Crippen LogP contribution < -0.4 is 0 Å². The van der Waals surface area contributed by atoms with Crippen molar-refractivity contribution >= 4 is 6.09 Å². The maximum Gasteiger partial charge on any atom is 0.428 e. The molecule has 0 aromatic carbocycles. The van der Waals surface area contributed by atoms with Crippen molar-refractivity contribution in [1.29, 1.82) is 0 Å². The first kappa shape index (κ1) is 10.2. The summed E-state index contributed by atoms with van der Waals surface area (Å²) in [6.07, 6.45) is -0.325. The number of hydrogen-bond acceptors (Lipinski definition) is 3. The second kappa shape index (κ2) is 4.96. The number of carbonyl (C=O) groups is 1. The van der Waals surface area contributed by atoms with Gasteiger partial charge in [0.25, 0.3) is 0 Å². The standard InChI is InChI=1S/C7H16N2O2/c1-5-9(6-2)11-7(10)8(3)4/h5-6H2,1-4H3. The van der Waals surface area contributed by atoms with Gasteiger partial charge in [-0.1, -0.05) is 0 Å². The summed E-state index contributed by atoms with van der Waals surface area (Å²) < 4.78 is 0. The van der Waals surface area contributed by atoms with Gasteiger partial charge in [0.05, 0.1) is 0 Å². The number of nitrogens with zero attached hydrogens (tertiary/aromatic N) is 2. The lowest BCUT2D eigenvalue weighted by Gasteiger charge is -2.19. The molecule has 0 rings (SSSR count). The van der Waals surface area contributed by atoms with E-state index in [9.17, 15) is 4.79 Å². The second-order valence-corrected chi connectivity index (χ2v) is 2.37. The summed E-state index contributed by atoms with van der Waals surface area (Å²) >= 11 is 0. The molecule has 1 amide bonds. The van der Waals surface area contributed by atoms with Gasteiger partial charge >= 0.3 is 6.09 Å². The van der Waals surface area contributed by atoms with Crippen molar-refractivity contribution in [3.8, 4) is 0 Å². The summed E-state index contributed by atoms with van der Waals surface area (Å²) in [6.45, 7) is 5.31. The van der Waals surface area contributed by atoms with Crippen LogP contribution >= 0.6 is 0 Å². The Kier molecular flexibility index (Phi) is 4.61. The fourth-order valence-corrected chi connectivity index (χ4v) is 0.545. The summed E-state index contributed by atoms with van der Waals surface area (Å²) in [5.74, 6) is 0. The van der Waals surface area contributed by atoms with E-state index >= 15 is 0 Å². The SMILES string of the molecule is CCN(CC)OC(=O)N(C)C. The summed E-state index contributed by atoms with van der Waals surface area (Å²) in [5.41, 5.74) is 0. The van der Waals surface area contributed by atoms with E-state index in [4.69, 9.17) is 4.84 Å². The van der Waals surface area contributed by atoms with Crippen LogP contribution in [-0.4, -0.2) is 43.2 Å². The molecule has 0 aliphatic rings.